The second kappa shape index (κ2) is 6.21. The van der Waals surface area contributed by atoms with Gasteiger partial charge in [-0.2, -0.15) is 0 Å². The van der Waals surface area contributed by atoms with E-state index in [9.17, 15) is 4.79 Å². The third-order valence-electron chi connectivity index (χ3n) is 4.52. The van der Waals surface area contributed by atoms with Gasteiger partial charge in [-0.1, -0.05) is 0 Å². The SMILES string of the molecule is CO[C@@H]1C[C@@H](c2nnc3cnccn23)N(C(=O)c2cncc(C)c2)C1. The van der Waals surface area contributed by atoms with Gasteiger partial charge < -0.3 is 9.64 Å². The number of pyridine rings is 1. The Bertz CT molecular complexity index is 924. The van der Waals surface area contributed by atoms with Gasteiger partial charge in [0.05, 0.1) is 23.9 Å². The summed E-state index contributed by atoms with van der Waals surface area (Å²) in [5, 5.41) is 8.45. The number of fused-ring (bicyclic) bond motifs is 1. The number of ether oxygens (including phenoxy) is 1. The molecule has 0 saturated carbocycles. The average molecular weight is 338 g/mol. The summed E-state index contributed by atoms with van der Waals surface area (Å²) >= 11 is 0. The lowest BCUT2D eigenvalue weighted by Crippen LogP contribution is -2.33. The number of carbonyl (C=O) groups excluding carboxylic acids is 1. The van der Waals surface area contributed by atoms with Crippen LogP contribution in [0.3, 0.4) is 0 Å². The molecule has 0 N–H and O–H groups in total. The van der Waals surface area contributed by atoms with Gasteiger partial charge in [-0.25, -0.2) is 0 Å². The van der Waals surface area contributed by atoms with Gasteiger partial charge in [0.15, 0.2) is 11.5 Å². The van der Waals surface area contributed by atoms with Crippen molar-refractivity contribution >= 4 is 11.6 Å². The number of hydrogen-bond acceptors (Lipinski definition) is 6. The molecule has 2 atom stereocenters. The molecule has 0 unspecified atom stereocenters. The molecule has 0 aliphatic carbocycles. The lowest BCUT2D eigenvalue weighted by atomic mass is 10.1. The van der Waals surface area contributed by atoms with Crippen molar-refractivity contribution in [3.63, 3.8) is 0 Å². The molecule has 0 spiro atoms. The number of nitrogens with zero attached hydrogens (tertiary/aromatic N) is 6. The molecule has 8 nitrogen and oxygen atoms in total. The van der Waals surface area contributed by atoms with Crippen LogP contribution >= 0.6 is 0 Å². The highest BCUT2D eigenvalue weighted by molar-refractivity contribution is 5.94. The number of carbonyl (C=O) groups is 1. The first-order valence-electron chi connectivity index (χ1n) is 8.07. The molecule has 1 fully saturated rings. The maximum absolute atomic E-state index is 13.1. The highest BCUT2D eigenvalue weighted by Gasteiger charge is 2.39. The molecule has 3 aromatic rings. The largest absolute Gasteiger partial charge is 0.380 e. The second-order valence-corrected chi connectivity index (χ2v) is 6.18. The van der Waals surface area contributed by atoms with Gasteiger partial charge in [0.1, 0.15) is 0 Å². The maximum atomic E-state index is 13.1. The van der Waals surface area contributed by atoms with E-state index in [2.05, 4.69) is 20.2 Å². The van der Waals surface area contributed by atoms with Crippen molar-refractivity contribution in [2.75, 3.05) is 13.7 Å². The molecule has 8 heteroatoms. The molecule has 3 aromatic heterocycles. The minimum absolute atomic E-state index is 0.0408. The predicted molar refractivity (Wildman–Crippen MR) is 88.9 cm³/mol. The summed E-state index contributed by atoms with van der Waals surface area (Å²) in [7, 11) is 1.66. The second-order valence-electron chi connectivity index (χ2n) is 6.18. The molecule has 0 aromatic carbocycles. The number of aryl methyl sites for hydroxylation is 1. The van der Waals surface area contributed by atoms with Crippen molar-refractivity contribution in [2.24, 2.45) is 0 Å². The van der Waals surface area contributed by atoms with Gasteiger partial charge in [0, 0.05) is 44.9 Å². The Kier molecular flexibility index (Phi) is 3.89. The summed E-state index contributed by atoms with van der Waals surface area (Å²) in [4.78, 5) is 23.0. The first kappa shape index (κ1) is 15.6. The molecule has 1 amide bonds. The fourth-order valence-corrected chi connectivity index (χ4v) is 3.27. The first-order valence-corrected chi connectivity index (χ1v) is 8.07. The Labute approximate surface area is 144 Å². The number of aromatic nitrogens is 5. The Balaban J connectivity index is 1.73. The van der Waals surface area contributed by atoms with E-state index in [1.54, 1.807) is 36.8 Å². The molecule has 1 aliphatic rings. The van der Waals surface area contributed by atoms with Crippen molar-refractivity contribution < 1.29 is 9.53 Å². The lowest BCUT2D eigenvalue weighted by Gasteiger charge is -2.23. The van der Waals surface area contributed by atoms with Crippen molar-refractivity contribution in [3.05, 3.63) is 54.0 Å². The lowest BCUT2D eigenvalue weighted by molar-refractivity contribution is 0.0683. The van der Waals surface area contributed by atoms with Gasteiger partial charge in [-0.05, 0) is 18.6 Å². The van der Waals surface area contributed by atoms with Crippen LogP contribution in [-0.2, 0) is 4.74 Å². The van der Waals surface area contributed by atoms with Crippen LogP contribution in [0.5, 0.6) is 0 Å². The molecule has 4 heterocycles. The van der Waals surface area contributed by atoms with Gasteiger partial charge in [-0.3, -0.25) is 19.2 Å². The van der Waals surface area contributed by atoms with Crippen molar-refractivity contribution in [1.29, 1.82) is 0 Å². The fourth-order valence-electron chi connectivity index (χ4n) is 3.27. The van der Waals surface area contributed by atoms with Crippen LogP contribution < -0.4 is 0 Å². The van der Waals surface area contributed by atoms with E-state index >= 15 is 0 Å². The van der Waals surface area contributed by atoms with E-state index in [4.69, 9.17) is 4.74 Å². The van der Waals surface area contributed by atoms with Gasteiger partial charge in [0.2, 0.25) is 0 Å². The van der Waals surface area contributed by atoms with E-state index in [1.807, 2.05) is 23.6 Å². The first-order chi connectivity index (χ1) is 12.2. The van der Waals surface area contributed by atoms with Crippen LogP contribution in [0.15, 0.2) is 37.1 Å². The topological polar surface area (TPSA) is 85.5 Å². The molecule has 1 saturated heterocycles. The molecule has 25 heavy (non-hydrogen) atoms. The van der Waals surface area contributed by atoms with Crippen LogP contribution in [0.2, 0.25) is 0 Å². The van der Waals surface area contributed by atoms with Crippen molar-refractivity contribution in [3.8, 4) is 0 Å². The minimum atomic E-state index is -0.213. The highest BCUT2D eigenvalue weighted by Crippen LogP contribution is 2.33. The van der Waals surface area contributed by atoms with Gasteiger partial charge in [-0.15, -0.1) is 10.2 Å². The normalized spacial score (nSPS) is 20.3. The molecule has 4 rings (SSSR count). The van der Waals surface area contributed by atoms with Gasteiger partial charge >= 0.3 is 0 Å². The molecule has 128 valence electrons. The molecular weight excluding hydrogens is 320 g/mol. The molecule has 1 aliphatic heterocycles. The van der Waals surface area contributed by atoms with Crippen LogP contribution in [0.25, 0.3) is 5.65 Å². The maximum Gasteiger partial charge on any atom is 0.256 e. The van der Waals surface area contributed by atoms with E-state index in [-0.39, 0.29) is 18.1 Å². The number of amides is 1. The Morgan fingerprint density at radius 1 is 1.24 bits per heavy atom. The summed E-state index contributed by atoms with van der Waals surface area (Å²) in [6, 6.07) is 1.63. The monoisotopic (exact) mass is 338 g/mol. The predicted octanol–water partition coefficient (Wildman–Crippen LogP) is 1.43. The van der Waals surface area contributed by atoms with Crippen molar-refractivity contribution in [2.45, 2.75) is 25.5 Å². The Morgan fingerprint density at radius 3 is 2.92 bits per heavy atom. The Hall–Kier alpha value is -2.87. The third kappa shape index (κ3) is 2.74. The number of likely N-dealkylation sites (tertiary alicyclic amines) is 1. The summed E-state index contributed by atoms with van der Waals surface area (Å²) in [5.41, 5.74) is 2.17. The van der Waals surface area contributed by atoms with Crippen LogP contribution in [-0.4, -0.2) is 55.1 Å². The standard InChI is InChI=1S/C17H18N6O2/c1-11-5-12(8-19-7-11)17(24)23-10-13(25-2)6-14(23)16-21-20-15-9-18-3-4-22(15)16/h3-5,7-9,13-14H,6,10H2,1-2H3/t13-,14+/m1/s1. The highest BCUT2D eigenvalue weighted by atomic mass is 16.5. The van der Waals surface area contributed by atoms with E-state index in [1.165, 1.54) is 0 Å². The number of rotatable bonds is 3. The van der Waals surface area contributed by atoms with E-state index in [0.29, 0.717) is 30.0 Å². The molecule has 0 bridgehead atoms. The quantitative estimate of drug-likeness (QED) is 0.718. The summed E-state index contributed by atoms with van der Waals surface area (Å²) in [6.45, 7) is 2.43. The van der Waals surface area contributed by atoms with Crippen LogP contribution in [0, 0.1) is 6.92 Å². The van der Waals surface area contributed by atoms with Crippen molar-refractivity contribution in [1.82, 2.24) is 29.5 Å². The fraction of sp³-hybridized carbons (Fsp3) is 0.353. The molecular formula is C17H18N6O2. The number of methoxy groups -OCH3 is 1. The Morgan fingerprint density at radius 2 is 2.12 bits per heavy atom. The number of hydrogen-bond donors (Lipinski definition) is 0. The zero-order valence-corrected chi connectivity index (χ0v) is 14.0. The van der Waals surface area contributed by atoms with E-state index < -0.39 is 0 Å². The van der Waals surface area contributed by atoms with Gasteiger partial charge in [0.25, 0.3) is 5.91 Å². The summed E-state index contributed by atoms with van der Waals surface area (Å²) in [5.74, 6) is 0.637. The van der Waals surface area contributed by atoms with Crippen LogP contribution in [0.4, 0.5) is 0 Å². The average Bonchev–Trinajstić information content (AvgIpc) is 3.24. The zero-order valence-electron chi connectivity index (χ0n) is 14.0. The van der Waals surface area contributed by atoms with E-state index in [0.717, 1.165) is 5.56 Å². The minimum Gasteiger partial charge on any atom is -0.380 e. The summed E-state index contributed by atoms with van der Waals surface area (Å²) < 4.78 is 7.38. The van der Waals surface area contributed by atoms with Crippen LogP contribution in [0.1, 0.15) is 34.2 Å². The summed E-state index contributed by atoms with van der Waals surface area (Å²) in [6.07, 6.45) is 9.09. The third-order valence-corrected chi connectivity index (χ3v) is 4.52. The smallest absolute Gasteiger partial charge is 0.256 e. The zero-order chi connectivity index (χ0) is 17.4. The molecule has 0 radical (unpaired) electrons.